The van der Waals surface area contributed by atoms with Gasteiger partial charge in [0, 0.05) is 10.6 Å². The molecule has 0 saturated carbocycles. The lowest BCUT2D eigenvalue weighted by molar-refractivity contribution is -0.115. The number of nitrogens with one attached hydrogen (secondary N) is 2. The highest BCUT2D eigenvalue weighted by atomic mass is 35.5. The lowest BCUT2D eigenvalue weighted by atomic mass is 10.2. The van der Waals surface area contributed by atoms with Crippen molar-refractivity contribution < 1.29 is 14.0 Å². The first-order chi connectivity index (χ1) is 10.5. The Bertz CT molecular complexity index is 705. The normalized spacial score (nSPS) is 10.1. The quantitative estimate of drug-likeness (QED) is 0.894. The third kappa shape index (κ3) is 4.44. The van der Waals surface area contributed by atoms with E-state index in [9.17, 15) is 14.0 Å². The summed E-state index contributed by atoms with van der Waals surface area (Å²) in [6.07, 6.45) is 0. The van der Waals surface area contributed by atoms with Crippen LogP contribution >= 0.6 is 23.2 Å². The minimum absolute atomic E-state index is 0.251. The van der Waals surface area contributed by atoms with E-state index in [1.807, 2.05) is 0 Å². The van der Waals surface area contributed by atoms with Gasteiger partial charge in [0.1, 0.15) is 5.82 Å². The molecule has 0 aromatic heterocycles. The number of carbonyl (C=O) groups excluding carboxylic acids is 2. The van der Waals surface area contributed by atoms with Crippen LogP contribution in [0.15, 0.2) is 42.5 Å². The Morgan fingerprint density at radius 2 is 1.73 bits per heavy atom. The van der Waals surface area contributed by atoms with Crippen LogP contribution in [0.1, 0.15) is 10.4 Å². The third-order valence-electron chi connectivity index (χ3n) is 2.72. The van der Waals surface area contributed by atoms with Gasteiger partial charge in [0.05, 0.1) is 17.3 Å². The Morgan fingerprint density at radius 1 is 1.05 bits per heavy atom. The molecular weight excluding hydrogens is 330 g/mol. The van der Waals surface area contributed by atoms with Crippen LogP contribution in [0.4, 0.5) is 10.1 Å². The molecule has 22 heavy (non-hydrogen) atoms. The topological polar surface area (TPSA) is 58.2 Å². The van der Waals surface area contributed by atoms with Crippen molar-refractivity contribution in [2.45, 2.75) is 0 Å². The zero-order valence-corrected chi connectivity index (χ0v) is 12.7. The predicted octanol–water partition coefficient (Wildman–Crippen LogP) is 3.50. The summed E-state index contributed by atoms with van der Waals surface area (Å²) in [6.45, 7) is -0.251. The van der Waals surface area contributed by atoms with Crippen LogP contribution in [0.3, 0.4) is 0 Å². The second kappa shape index (κ2) is 7.24. The van der Waals surface area contributed by atoms with E-state index in [0.717, 1.165) is 0 Å². The van der Waals surface area contributed by atoms with Gasteiger partial charge < -0.3 is 10.6 Å². The fraction of sp³-hybridized carbons (Fsp3) is 0.0667. The fourth-order valence-electron chi connectivity index (χ4n) is 1.65. The second-order valence-corrected chi connectivity index (χ2v) is 5.21. The average molecular weight is 341 g/mol. The van der Waals surface area contributed by atoms with E-state index >= 15 is 0 Å². The maximum Gasteiger partial charge on any atom is 0.251 e. The highest BCUT2D eigenvalue weighted by Gasteiger charge is 2.10. The summed E-state index contributed by atoms with van der Waals surface area (Å²) in [4.78, 5) is 23.6. The van der Waals surface area contributed by atoms with E-state index in [-0.39, 0.29) is 12.1 Å². The highest BCUT2D eigenvalue weighted by Crippen LogP contribution is 2.25. The maximum atomic E-state index is 12.8. The third-order valence-corrected chi connectivity index (χ3v) is 3.28. The number of amides is 2. The van der Waals surface area contributed by atoms with Gasteiger partial charge in [0.25, 0.3) is 5.91 Å². The molecule has 7 heteroatoms. The van der Waals surface area contributed by atoms with Crippen molar-refractivity contribution >= 4 is 40.7 Å². The molecular formula is C15H11Cl2FN2O2. The Balaban J connectivity index is 1.91. The lowest BCUT2D eigenvalue weighted by Crippen LogP contribution is -2.32. The standard InChI is InChI=1S/C15H11Cl2FN2O2/c16-10-3-6-12(17)13(7-10)20-14(21)8-19-15(22)9-1-4-11(18)5-2-9/h1-7H,8H2,(H,19,22)(H,20,21). The number of hydrogen-bond acceptors (Lipinski definition) is 2. The molecule has 0 heterocycles. The van der Waals surface area contributed by atoms with Gasteiger partial charge in [0.15, 0.2) is 0 Å². The van der Waals surface area contributed by atoms with Crippen LogP contribution in [0, 0.1) is 5.82 Å². The largest absolute Gasteiger partial charge is 0.343 e. The van der Waals surface area contributed by atoms with Crippen molar-refractivity contribution in [3.63, 3.8) is 0 Å². The molecule has 0 bridgehead atoms. The first kappa shape index (κ1) is 16.3. The molecule has 0 saturated heterocycles. The molecule has 2 amide bonds. The van der Waals surface area contributed by atoms with Crippen molar-refractivity contribution in [3.8, 4) is 0 Å². The van der Waals surface area contributed by atoms with Crippen molar-refractivity contribution in [1.29, 1.82) is 0 Å². The Morgan fingerprint density at radius 3 is 2.41 bits per heavy atom. The van der Waals surface area contributed by atoms with E-state index in [2.05, 4.69) is 10.6 Å². The van der Waals surface area contributed by atoms with Gasteiger partial charge in [-0.15, -0.1) is 0 Å². The van der Waals surface area contributed by atoms with Crippen LogP contribution in [-0.4, -0.2) is 18.4 Å². The summed E-state index contributed by atoms with van der Waals surface area (Å²) in [5.41, 5.74) is 0.616. The smallest absolute Gasteiger partial charge is 0.251 e. The van der Waals surface area contributed by atoms with Gasteiger partial charge in [-0.05, 0) is 42.5 Å². The molecule has 0 aliphatic rings. The second-order valence-electron chi connectivity index (χ2n) is 4.36. The molecule has 4 nitrogen and oxygen atoms in total. The molecule has 2 aromatic carbocycles. The van der Waals surface area contributed by atoms with Gasteiger partial charge in [-0.25, -0.2) is 4.39 Å². The number of halogens is 3. The monoisotopic (exact) mass is 340 g/mol. The zero-order chi connectivity index (χ0) is 16.1. The Hall–Kier alpha value is -2.11. The molecule has 2 aromatic rings. The maximum absolute atomic E-state index is 12.8. The van der Waals surface area contributed by atoms with Crippen molar-refractivity contribution in [2.75, 3.05) is 11.9 Å². The first-order valence-electron chi connectivity index (χ1n) is 6.24. The number of rotatable bonds is 4. The summed E-state index contributed by atoms with van der Waals surface area (Å²) in [5, 5.41) is 5.72. The number of benzene rings is 2. The van der Waals surface area contributed by atoms with Crippen LogP contribution < -0.4 is 10.6 Å². The summed E-state index contributed by atoms with van der Waals surface area (Å²) >= 11 is 11.7. The SMILES string of the molecule is O=C(CNC(=O)c1ccc(F)cc1)Nc1cc(Cl)ccc1Cl. The molecule has 114 valence electrons. The Labute approximate surface area is 136 Å². The van der Waals surface area contributed by atoms with Gasteiger partial charge in [-0.1, -0.05) is 23.2 Å². The van der Waals surface area contributed by atoms with Crippen molar-refractivity contribution in [3.05, 3.63) is 63.9 Å². The van der Waals surface area contributed by atoms with Crippen molar-refractivity contribution in [1.82, 2.24) is 5.32 Å². The summed E-state index contributed by atoms with van der Waals surface area (Å²) in [6, 6.07) is 9.64. The zero-order valence-electron chi connectivity index (χ0n) is 11.2. The van der Waals surface area contributed by atoms with Gasteiger partial charge in [-0.2, -0.15) is 0 Å². The van der Waals surface area contributed by atoms with Crippen LogP contribution in [0.2, 0.25) is 10.0 Å². The lowest BCUT2D eigenvalue weighted by Gasteiger charge is -2.09. The summed E-state index contributed by atoms with van der Waals surface area (Å²) < 4.78 is 12.8. The molecule has 0 aliphatic heterocycles. The molecule has 0 spiro atoms. The predicted molar refractivity (Wildman–Crippen MR) is 83.8 cm³/mol. The van der Waals surface area contributed by atoms with Crippen molar-refractivity contribution in [2.24, 2.45) is 0 Å². The number of anilines is 1. The highest BCUT2D eigenvalue weighted by molar-refractivity contribution is 6.35. The van der Waals surface area contributed by atoms with Gasteiger partial charge in [-0.3, -0.25) is 9.59 Å². The summed E-state index contributed by atoms with van der Waals surface area (Å²) in [7, 11) is 0. The van der Waals surface area contributed by atoms with Crippen LogP contribution in [0.5, 0.6) is 0 Å². The molecule has 0 fully saturated rings. The van der Waals surface area contributed by atoms with E-state index < -0.39 is 17.6 Å². The van der Waals surface area contributed by atoms with Crippen LogP contribution in [0.25, 0.3) is 0 Å². The van der Waals surface area contributed by atoms with E-state index in [4.69, 9.17) is 23.2 Å². The number of carbonyl (C=O) groups is 2. The fourth-order valence-corrected chi connectivity index (χ4v) is 1.99. The first-order valence-corrected chi connectivity index (χ1v) is 7.00. The van der Waals surface area contributed by atoms with Gasteiger partial charge >= 0.3 is 0 Å². The molecule has 2 rings (SSSR count). The average Bonchev–Trinajstić information content (AvgIpc) is 2.49. The number of hydrogen-bond donors (Lipinski definition) is 2. The van der Waals surface area contributed by atoms with E-state index in [0.29, 0.717) is 15.7 Å². The van der Waals surface area contributed by atoms with Crippen LogP contribution in [-0.2, 0) is 4.79 Å². The molecule has 0 atom stereocenters. The minimum atomic E-state index is -0.479. The van der Waals surface area contributed by atoms with E-state index in [1.165, 1.54) is 30.3 Å². The summed E-state index contributed by atoms with van der Waals surface area (Å²) in [5.74, 6) is -1.38. The van der Waals surface area contributed by atoms with Gasteiger partial charge in [0.2, 0.25) is 5.91 Å². The Kier molecular flexibility index (Phi) is 5.35. The molecule has 0 radical (unpaired) electrons. The molecule has 2 N–H and O–H groups in total. The molecule has 0 aliphatic carbocycles. The van der Waals surface area contributed by atoms with E-state index in [1.54, 1.807) is 12.1 Å². The minimum Gasteiger partial charge on any atom is -0.343 e. The molecule has 0 unspecified atom stereocenters.